The molecule has 1 saturated carbocycles. The molecule has 0 spiro atoms. The molecule has 0 radical (unpaired) electrons. The lowest BCUT2D eigenvalue weighted by atomic mass is 9.97. The van der Waals surface area contributed by atoms with Crippen molar-refractivity contribution in [3.63, 3.8) is 0 Å². The third kappa shape index (κ3) is 5.29. The number of hydrogen-bond acceptors (Lipinski definition) is 3. The van der Waals surface area contributed by atoms with Crippen molar-refractivity contribution in [3.05, 3.63) is 28.2 Å². The Labute approximate surface area is 171 Å². The summed E-state index contributed by atoms with van der Waals surface area (Å²) in [5.74, 6) is 0.785. The minimum atomic E-state index is -0.0782. The first-order chi connectivity index (χ1) is 13.1. The maximum absolute atomic E-state index is 12.5. The van der Waals surface area contributed by atoms with Gasteiger partial charge in [0.05, 0.1) is 0 Å². The molecular weight excluding hydrogens is 383 g/mol. The van der Waals surface area contributed by atoms with Gasteiger partial charge in [-0.25, -0.2) is 4.79 Å². The van der Waals surface area contributed by atoms with Crippen LogP contribution in [0.25, 0.3) is 0 Å². The molecule has 2 amide bonds. The number of likely N-dealkylation sites (tertiary alicyclic amines) is 1. The van der Waals surface area contributed by atoms with Crippen LogP contribution in [0.2, 0.25) is 10.0 Å². The maximum atomic E-state index is 12.5. The molecule has 3 aliphatic rings. The van der Waals surface area contributed by atoms with Crippen molar-refractivity contribution >= 4 is 34.9 Å². The van der Waals surface area contributed by atoms with Crippen LogP contribution in [0.4, 0.5) is 10.5 Å². The van der Waals surface area contributed by atoms with Crippen LogP contribution in [-0.4, -0.2) is 72.6 Å². The second-order valence-corrected chi connectivity index (χ2v) is 8.98. The van der Waals surface area contributed by atoms with Crippen LogP contribution in [0.15, 0.2) is 18.2 Å². The van der Waals surface area contributed by atoms with E-state index in [-0.39, 0.29) is 6.03 Å². The van der Waals surface area contributed by atoms with Gasteiger partial charge in [-0.05, 0) is 56.3 Å². The van der Waals surface area contributed by atoms with Crippen LogP contribution in [0.1, 0.15) is 25.7 Å². The van der Waals surface area contributed by atoms with Gasteiger partial charge in [0, 0.05) is 61.0 Å². The van der Waals surface area contributed by atoms with E-state index in [2.05, 4.69) is 15.1 Å². The number of hydrogen-bond donors (Lipinski definition) is 1. The summed E-state index contributed by atoms with van der Waals surface area (Å²) in [4.78, 5) is 19.6. The molecule has 1 aliphatic carbocycles. The highest BCUT2D eigenvalue weighted by molar-refractivity contribution is 6.35. The normalized spacial score (nSPS) is 24.8. The number of halogens is 2. The molecule has 0 bridgehead atoms. The van der Waals surface area contributed by atoms with E-state index in [1.54, 1.807) is 18.2 Å². The molecule has 1 aromatic rings. The number of carbonyl (C=O) groups excluding carboxylic acids is 1. The van der Waals surface area contributed by atoms with Crippen molar-refractivity contribution in [2.75, 3.05) is 51.1 Å². The summed E-state index contributed by atoms with van der Waals surface area (Å²) in [5, 5.41) is 3.95. The van der Waals surface area contributed by atoms with E-state index in [0.717, 1.165) is 38.1 Å². The van der Waals surface area contributed by atoms with E-state index in [1.165, 1.54) is 45.3 Å². The van der Waals surface area contributed by atoms with E-state index < -0.39 is 0 Å². The number of rotatable bonds is 4. The average Bonchev–Trinajstić information content (AvgIpc) is 3.47. The smallest absolute Gasteiger partial charge is 0.321 e. The molecule has 5 nitrogen and oxygen atoms in total. The van der Waals surface area contributed by atoms with Gasteiger partial charge in [-0.1, -0.05) is 23.2 Å². The molecule has 2 heterocycles. The number of anilines is 1. The van der Waals surface area contributed by atoms with Gasteiger partial charge in [-0.3, -0.25) is 4.90 Å². The third-order valence-electron chi connectivity index (χ3n) is 5.90. The van der Waals surface area contributed by atoms with Crippen LogP contribution in [0.3, 0.4) is 0 Å². The van der Waals surface area contributed by atoms with Crippen LogP contribution >= 0.6 is 23.2 Å². The minimum absolute atomic E-state index is 0.0782. The quantitative estimate of drug-likeness (QED) is 0.814. The SMILES string of the molecule is O=C(Nc1cc(Cl)cc(Cl)c1)N1CCN(C[C@H]2CCCN(C3CC3)C2)CC1. The van der Waals surface area contributed by atoms with Crippen molar-refractivity contribution in [2.24, 2.45) is 5.92 Å². The number of piperazine rings is 1. The maximum Gasteiger partial charge on any atom is 0.321 e. The molecule has 27 heavy (non-hydrogen) atoms. The summed E-state index contributed by atoms with van der Waals surface area (Å²) >= 11 is 12.0. The van der Waals surface area contributed by atoms with Gasteiger partial charge in [-0.15, -0.1) is 0 Å². The molecule has 0 aromatic heterocycles. The predicted octanol–water partition coefficient (Wildman–Crippen LogP) is 4.02. The van der Waals surface area contributed by atoms with E-state index in [4.69, 9.17) is 23.2 Å². The summed E-state index contributed by atoms with van der Waals surface area (Å²) in [6.07, 6.45) is 5.49. The highest BCUT2D eigenvalue weighted by Gasteiger charge is 2.33. The third-order valence-corrected chi connectivity index (χ3v) is 6.34. The van der Waals surface area contributed by atoms with Gasteiger partial charge in [0.1, 0.15) is 0 Å². The molecule has 1 aromatic carbocycles. The fraction of sp³-hybridized carbons (Fsp3) is 0.650. The first-order valence-electron chi connectivity index (χ1n) is 10.1. The molecule has 0 unspecified atom stereocenters. The van der Waals surface area contributed by atoms with Crippen LogP contribution in [0.5, 0.6) is 0 Å². The van der Waals surface area contributed by atoms with Crippen molar-refractivity contribution in [2.45, 2.75) is 31.7 Å². The van der Waals surface area contributed by atoms with Crippen molar-refractivity contribution in [1.29, 1.82) is 0 Å². The fourth-order valence-corrected chi connectivity index (χ4v) is 4.87. The zero-order valence-corrected chi connectivity index (χ0v) is 17.2. The molecule has 2 saturated heterocycles. The van der Waals surface area contributed by atoms with Gasteiger partial charge >= 0.3 is 6.03 Å². The zero-order valence-electron chi connectivity index (χ0n) is 15.7. The molecule has 2 aliphatic heterocycles. The number of benzene rings is 1. The van der Waals surface area contributed by atoms with Crippen molar-refractivity contribution < 1.29 is 4.79 Å². The molecule has 1 N–H and O–H groups in total. The first-order valence-corrected chi connectivity index (χ1v) is 10.8. The van der Waals surface area contributed by atoms with E-state index >= 15 is 0 Å². The molecule has 3 fully saturated rings. The Hall–Kier alpha value is -1.01. The van der Waals surface area contributed by atoms with Gasteiger partial charge in [0.15, 0.2) is 0 Å². The summed E-state index contributed by atoms with van der Waals surface area (Å²) in [7, 11) is 0. The average molecular weight is 411 g/mol. The van der Waals surface area contributed by atoms with Crippen LogP contribution < -0.4 is 5.32 Å². The highest BCUT2D eigenvalue weighted by Crippen LogP contribution is 2.31. The molecule has 4 rings (SSSR count). The van der Waals surface area contributed by atoms with Crippen molar-refractivity contribution in [3.8, 4) is 0 Å². The van der Waals surface area contributed by atoms with Gasteiger partial charge in [0.2, 0.25) is 0 Å². The molecule has 1 atom stereocenters. The second-order valence-electron chi connectivity index (χ2n) is 8.11. The highest BCUT2D eigenvalue weighted by atomic mass is 35.5. The number of nitrogens with one attached hydrogen (secondary N) is 1. The largest absolute Gasteiger partial charge is 0.322 e. The van der Waals surface area contributed by atoms with Crippen LogP contribution in [0, 0.1) is 5.92 Å². The van der Waals surface area contributed by atoms with E-state index in [9.17, 15) is 4.79 Å². The Balaban J connectivity index is 1.23. The summed E-state index contributed by atoms with van der Waals surface area (Å²) in [6.45, 7) is 7.15. The Morgan fingerprint density at radius 3 is 2.37 bits per heavy atom. The first kappa shape index (κ1) is 19.3. The summed E-state index contributed by atoms with van der Waals surface area (Å²) in [6, 6.07) is 5.90. The fourth-order valence-electron chi connectivity index (χ4n) is 4.34. The lowest BCUT2D eigenvalue weighted by molar-refractivity contribution is 0.0982. The second kappa shape index (κ2) is 8.56. The summed E-state index contributed by atoms with van der Waals surface area (Å²) < 4.78 is 0. The Morgan fingerprint density at radius 1 is 1.00 bits per heavy atom. The molecular formula is C20H28Cl2N4O. The number of piperidine rings is 1. The Bertz CT molecular complexity index is 654. The predicted molar refractivity (Wildman–Crippen MR) is 111 cm³/mol. The molecule has 148 valence electrons. The lowest BCUT2D eigenvalue weighted by Gasteiger charge is -2.39. The number of urea groups is 1. The van der Waals surface area contributed by atoms with Gasteiger partial charge < -0.3 is 15.1 Å². The molecule has 7 heteroatoms. The number of nitrogens with zero attached hydrogens (tertiary/aromatic N) is 3. The Kier molecular flexibility index (Phi) is 6.12. The Morgan fingerprint density at radius 2 is 1.70 bits per heavy atom. The van der Waals surface area contributed by atoms with Gasteiger partial charge in [-0.2, -0.15) is 0 Å². The minimum Gasteiger partial charge on any atom is -0.322 e. The van der Waals surface area contributed by atoms with E-state index in [0.29, 0.717) is 15.7 Å². The van der Waals surface area contributed by atoms with Crippen LogP contribution in [-0.2, 0) is 0 Å². The summed E-state index contributed by atoms with van der Waals surface area (Å²) in [5.41, 5.74) is 0.641. The lowest BCUT2D eigenvalue weighted by Crippen LogP contribution is -2.52. The monoisotopic (exact) mass is 410 g/mol. The van der Waals surface area contributed by atoms with Gasteiger partial charge in [0.25, 0.3) is 0 Å². The standard InChI is InChI=1S/C20H28Cl2N4O/c21-16-10-17(22)12-18(11-16)23-20(27)25-8-6-24(7-9-25)13-15-2-1-5-26(14-15)19-3-4-19/h10-12,15,19H,1-9,13-14H2,(H,23,27)/t15-/m1/s1. The van der Waals surface area contributed by atoms with Crippen molar-refractivity contribution in [1.82, 2.24) is 14.7 Å². The number of amides is 2. The zero-order chi connectivity index (χ0) is 18.8. The topological polar surface area (TPSA) is 38.8 Å². The van der Waals surface area contributed by atoms with E-state index in [1.807, 2.05) is 4.90 Å². The number of carbonyl (C=O) groups is 1.